The average molecular weight is 504 g/mol. The van der Waals surface area contributed by atoms with Crippen LogP contribution in [0.2, 0.25) is 0 Å². The Kier molecular flexibility index (Phi) is 7.65. The second kappa shape index (κ2) is 9.94. The van der Waals surface area contributed by atoms with Gasteiger partial charge in [0.2, 0.25) is 10.0 Å². The van der Waals surface area contributed by atoms with Gasteiger partial charge < -0.3 is 9.47 Å². The molecule has 7 nitrogen and oxygen atoms in total. The Morgan fingerprint density at radius 2 is 1.76 bits per heavy atom. The summed E-state index contributed by atoms with van der Waals surface area (Å²) in [6, 6.07) is 10.1. The van der Waals surface area contributed by atoms with Crippen molar-refractivity contribution in [2.45, 2.75) is 50.3 Å². The van der Waals surface area contributed by atoms with Crippen LogP contribution in [0.3, 0.4) is 0 Å². The molecule has 1 fully saturated rings. The molecule has 1 heterocycles. The Labute approximate surface area is 193 Å². The van der Waals surface area contributed by atoms with E-state index in [4.69, 9.17) is 4.74 Å². The zero-order chi connectivity index (χ0) is 24.4. The largest absolute Gasteiger partial charge is 0.493 e. The molecule has 0 N–H and O–H groups in total. The monoisotopic (exact) mass is 503 g/mol. The maximum Gasteiger partial charge on any atom is 0.387 e. The molecule has 0 unspecified atom stereocenters. The highest BCUT2D eigenvalue weighted by Gasteiger charge is 2.39. The minimum Gasteiger partial charge on any atom is -0.493 e. The lowest BCUT2D eigenvalue weighted by molar-refractivity contribution is -0.0513. The maximum absolute atomic E-state index is 13.6. The van der Waals surface area contributed by atoms with Gasteiger partial charge in [0, 0.05) is 18.7 Å². The van der Waals surface area contributed by atoms with Crippen molar-refractivity contribution in [3.05, 3.63) is 53.6 Å². The summed E-state index contributed by atoms with van der Waals surface area (Å²) in [5, 5.41) is 0. The lowest BCUT2D eigenvalue weighted by atomic mass is 10.0. The Hall–Kier alpha value is -2.24. The van der Waals surface area contributed by atoms with Gasteiger partial charge in [-0.05, 0) is 35.6 Å². The summed E-state index contributed by atoms with van der Waals surface area (Å²) in [7, 11) is -6.38. The average Bonchev–Trinajstić information content (AvgIpc) is 3.10. The third kappa shape index (κ3) is 6.01. The van der Waals surface area contributed by atoms with Gasteiger partial charge in [0.1, 0.15) is 0 Å². The number of hydrogen-bond donors (Lipinski definition) is 0. The van der Waals surface area contributed by atoms with Gasteiger partial charge in [0.15, 0.2) is 21.3 Å². The number of rotatable bonds is 9. The van der Waals surface area contributed by atoms with Gasteiger partial charge in [-0.15, -0.1) is 0 Å². The molecule has 0 aliphatic carbocycles. The topological polar surface area (TPSA) is 90.0 Å². The van der Waals surface area contributed by atoms with Gasteiger partial charge in [-0.3, -0.25) is 0 Å². The highest BCUT2D eigenvalue weighted by molar-refractivity contribution is 7.92. The first kappa shape index (κ1) is 25.4. The number of sulfone groups is 1. The molecule has 1 aliphatic heterocycles. The van der Waals surface area contributed by atoms with Gasteiger partial charge in [0.25, 0.3) is 0 Å². The second-order valence-electron chi connectivity index (χ2n) is 8.19. The Morgan fingerprint density at radius 3 is 2.27 bits per heavy atom. The summed E-state index contributed by atoms with van der Waals surface area (Å²) in [4.78, 5) is -0.290. The van der Waals surface area contributed by atoms with Gasteiger partial charge in [0.05, 0.1) is 23.5 Å². The van der Waals surface area contributed by atoms with Crippen LogP contribution in [0.1, 0.15) is 37.3 Å². The lowest BCUT2D eigenvalue weighted by Crippen LogP contribution is -2.40. The van der Waals surface area contributed by atoms with Crippen molar-refractivity contribution in [3.8, 4) is 11.5 Å². The van der Waals surface area contributed by atoms with Crippen LogP contribution in [0.5, 0.6) is 11.5 Å². The van der Waals surface area contributed by atoms with Crippen LogP contribution >= 0.6 is 0 Å². The van der Waals surface area contributed by atoms with E-state index >= 15 is 0 Å². The van der Waals surface area contributed by atoms with Gasteiger partial charge in [-0.1, -0.05) is 38.1 Å². The predicted octanol–water partition coefficient (Wildman–Crippen LogP) is 3.80. The van der Waals surface area contributed by atoms with Crippen molar-refractivity contribution in [3.63, 3.8) is 0 Å². The number of methoxy groups -OCH3 is 1. The molecule has 0 radical (unpaired) electrons. The van der Waals surface area contributed by atoms with Gasteiger partial charge >= 0.3 is 6.61 Å². The first-order valence-corrected chi connectivity index (χ1v) is 13.6. The van der Waals surface area contributed by atoms with E-state index in [-0.39, 0.29) is 35.1 Å². The molecule has 11 heteroatoms. The number of ether oxygens (including phenoxy) is 2. The summed E-state index contributed by atoms with van der Waals surface area (Å²) in [5.74, 6) is -0.584. The van der Waals surface area contributed by atoms with Crippen molar-refractivity contribution in [2.24, 2.45) is 0 Å². The van der Waals surface area contributed by atoms with E-state index in [0.29, 0.717) is 11.5 Å². The van der Waals surface area contributed by atoms with Crippen molar-refractivity contribution < 1.29 is 35.1 Å². The van der Waals surface area contributed by atoms with E-state index in [9.17, 15) is 25.6 Å². The highest BCUT2D eigenvalue weighted by atomic mass is 32.2. The van der Waals surface area contributed by atoms with Crippen LogP contribution in [0.15, 0.2) is 47.4 Å². The van der Waals surface area contributed by atoms with Gasteiger partial charge in [-0.2, -0.15) is 13.1 Å². The van der Waals surface area contributed by atoms with Crippen molar-refractivity contribution in [2.75, 3.05) is 18.6 Å². The van der Waals surface area contributed by atoms with E-state index in [1.54, 1.807) is 12.1 Å². The Morgan fingerprint density at radius 1 is 1.09 bits per heavy atom. The van der Waals surface area contributed by atoms with E-state index in [1.807, 2.05) is 26.0 Å². The molecule has 33 heavy (non-hydrogen) atoms. The Balaban J connectivity index is 2.02. The molecule has 0 aromatic heterocycles. The van der Waals surface area contributed by atoms with E-state index < -0.39 is 38.3 Å². The first-order valence-electron chi connectivity index (χ1n) is 10.4. The fourth-order valence-corrected chi connectivity index (χ4v) is 7.23. The molecular weight excluding hydrogens is 476 g/mol. The molecule has 0 bridgehead atoms. The molecule has 0 spiro atoms. The third-order valence-electron chi connectivity index (χ3n) is 5.56. The zero-order valence-electron chi connectivity index (χ0n) is 18.6. The number of sulfonamides is 1. The van der Waals surface area contributed by atoms with Gasteiger partial charge in [-0.25, -0.2) is 16.8 Å². The standard InChI is InChI=1S/C22H27F2NO6S2/c1-15(2)17-6-4-16(5-7-17)13-25(18-10-11-32(26,27)14-18)33(28,29)19-8-9-20(30-3)21(12-19)31-22(23)24/h4-9,12,15,18,22H,10-11,13-14H2,1-3H3/t18-/m1/s1. The third-order valence-corrected chi connectivity index (χ3v) is 9.20. The van der Waals surface area contributed by atoms with Crippen LogP contribution in [-0.4, -0.2) is 52.4 Å². The second-order valence-corrected chi connectivity index (χ2v) is 12.3. The normalized spacial score (nSPS) is 18.2. The number of alkyl halides is 2. The maximum atomic E-state index is 13.6. The first-order chi connectivity index (χ1) is 15.4. The SMILES string of the molecule is COc1ccc(S(=O)(=O)N(Cc2ccc(C(C)C)cc2)[C@@H]2CCS(=O)(=O)C2)cc1OC(F)F. The minimum absolute atomic E-state index is 0.0477. The summed E-state index contributed by atoms with van der Waals surface area (Å²) in [6.07, 6.45) is 0.155. The molecule has 1 aliphatic rings. The molecular formula is C22H27F2NO6S2. The molecule has 1 atom stereocenters. The quantitative estimate of drug-likeness (QED) is 0.517. The fourth-order valence-electron chi connectivity index (χ4n) is 3.74. The molecule has 2 aromatic carbocycles. The number of benzene rings is 2. The summed E-state index contributed by atoms with van der Waals surface area (Å²) >= 11 is 0. The summed E-state index contributed by atoms with van der Waals surface area (Å²) < 4.78 is 87.6. The van der Waals surface area contributed by atoms with Crippen LogP contribution in [0.25, 0.3) is 0 Å². The molecule has 0 saturated carbocycles. The molecule has 3 rings (SSSR count). The molecule has 0 amide bonds. The summed E-state index contributed by atoms with van der Waals surface area (Å²) in [5.41, 5.74) is 1.77. The summed E-state index contributed by atoms with van der Waals surface area (Å²) in [6.45, 7) is 0.848. The fraction of sp³-hybridized carbons (Fsp3) is 0.455. The van der Waals surface area contributed by atoms with Crippen LogP contribution in [0, 0.1) is 0 Å². The number of hydrogen-bond acceptors (Lipinski definition) is 6. The van der Waals surface area contributed by atoms with E-state index in [1.165, 1.54) is 19.2 Å². The van der Waals surface area contributed by atoms with Crippen molar-refractivity contribution >= 4 is 19.9 Å². The van der Waals surface area contributed by atoms with E-state index in [0.717, 1.165) is 15.9 Å². The molecule has 2 aromatic rings. The van der Waals surface area contributed by atoms with Crippen LogP contribution < -0.4 is 9.47 Å². The predicted molar refractivity (Wildman–Crippen MR) is 120 cm³/mol. The Bertz CT molecular complexity index is 1180. The van der Waals surface area contributed by atoms with Crippen molar-refractivity contribution in [1.29, 1.82) is 0 Å². The van der Waals surface area contributed by atoms with E-state index in [2.05, 4.69) is 4.74 Å². The zero-order valence-corrected chi connectivity index (χ0v) is 20.2. The molecule has 182 valence electrons. The smallest absolute Gasteiger partial charge is 0.387 e. The lowest BCUT2D eigenvalue weighted by Gasteiger charge is -2.28. The van der Waals surface area contributed by atoms with Crippen LogP contribution in [-0.2, 0) is 26.4 Å². The number of nitrogens with zero attached hydrogens (tertiary/aromatic N) is 1. The molecule has 1 saturated heterocycles. The highest BCUT2D eigenvalue weighted by Crippen LogP contribution is 2.34. The minimum atomic E-state index is -4.25. The number of halogens is 2. The van der Waals surface area contributed by atoms with Crippen molar-refractivity contribution in [1.82, 2.24) is 4.31 Å². The van der Waals surface area contributed by atoms with Crippen LogP contribution in [0.4, 0.5) is 8.78 Å².